The second-order valence-corrected chi connectivity index (χ2v) is 8.22. The molecule has 5 nitrogen and oxygen atoms in total. The Bertz CT molecular complexity index is 798. The van der Waals surface area contributed by atoms with Crippen LogP contribution in [0.5, 0.6) is 0 Å². The van der Waals surface area contributed by atoms with E-state index in [9.17, 15) is 9.59 Å². The van der Waals surface area contributed by atoms with Crippen molar-refractivity contribution in [2.75, 3.05) is 20.6 Å². The number of likely N-dealkylation sites (N-methyl/N-ethyl adjacent to an activating group) is 1. The Morgan fingerprint density at radius 3 is 2.07 bits per heavy atom. The molecule has 2 aromatic carbocycles. The molecule has 2 rings (SSSR count). The van der Waals surface area contributed by atoms with E-state index in [-0.39, 0.29) is 17.9 Å². The molecule has 0 aliphatic carbocycles. The van der Waals surface area contributed by atoms with Crippen molar-refractivity contribution in [2.45, 2.75) is 39.8 Å². The second-order valence-electron chi connectivity index (χ2n) is 8.22. The van der Waals surface area contributed by atoms with Gasteiger partial charge in [-0.3, -0.25) is 9.59 Å². The highest BCUT2D eigenvalue weighted by Crippen LogP contribution is 2.15. The van der Waals surface area contributed by atoms with Crippen molar-refractivity contribution in [3.05, 3.63) is 70.8 Å². The van der Waals surface area contributed by atoms with Crippen LogP contribution in [0.15, 0.2) is 48.5 Å². The lowest BCUT2D eigenvalue weighted by Gasteiger charge is -2.18. The van der Waals surface area contributed by atoms with Crippen LogP contribution in [0.3, 0.4) is 0 Å². The number of benzene rings is 2. The van der Waals surface area contributed by atoms with Gasteiger partial charge in [-0.1, -0.05) is 50.2 Å². The van der Waals surface area contributed by atoms with E-state index < -0.39 is 0 Å². The molecule has 0 bridgehead atoms. The molecule has 1 unspecified atom stereocenters. The van der Waals surface area contributed by atoms with Crippen LogP contribution in [0.4, 0.5) is 0 Å². The number of hydrogen-bond acceptors (Lipinski definition) is 2. The third-order valence-corrected chi connectivity index (χ3v) is 4.91. The second kappa shape index (κ2) is 10.8. The maximum absolute atomic E-state index is 12.4. The van der Waals surface area contributed by atoms with Gasteiger partial charge in [0, 0.05) is 18.2 Å². The molecular weight excluding hydrogens is 362 g/mol. The summed E-state index contributed by atoms with van der Waals surface area (Å²) < 4.78 is 0. The zero-order valence-corrected chi connectivity index (χ0v) is 18.2. The van der Waals surface area contributed by atoms with E-state index in [4.69, 9.17) is 0 Å². The number of rotatable bonds is 9. The molecule has 0 heterocycles. The highest BCUT2D eigenvalue weighted by molar-refractivity contribution is 5.93. The lowest BCUT2D eigenvalue weighted by atomic mass is 10.00. The first kappa shape index (κ1) is 22.6. The van der Waals surface area contributed by atoms with Crippen molar-refractivity contribution in [3.8, 4) is 0 Å². The summed E-state index contributed by atoms with van der Waals surface area (Å²) in [6.45, 7) is 7.56. The van der Waals surface area contributed by atoms with Crippen molar-refractivity contribution in [2.24, 2.45) is 5.92 Å². The van der Waals surface area contributed by atoms with Crippen molar-refractivity contribution in [1.29, 1.82) is 0 Å². The van der Waals surface area contributed by atoms with Crippen LogP contribution in [0.1, 0.15) is 53.9 Å². The molecule has 3 N–H and O–H groups in total. The first-order valence-electron chi connectivity index (χ1n) is 10.3. The van der Waals surface area contributed by atoms with Crippen molar-refractivity contribution >= 4 is 11.8 Å². The van der Waals surface area contributed by atoms with Crippen molar-refractivity contribution in [3.63, 3.8) is 0 Å². The fourth-order valence-electron chi connectivity index (χ4n) is 3.39. The molecule has 29 heavy (non-hydrogen) atoms. The molecule has 5 heteroatoms. The van der Waals surface area contributed by atoms with Gasteiger partial charge in [0.1, 0.15) is 6.54 Å². The van der Waals surface area contributed by atoms with E-state index in [1.54, 1.807) is 7.05 Å². The van der Waals surface area contributed by atoms with Crippen LogP contribution in [0.2, 0.25) is 0 Å². The van der Waals surface area contributed by atoms with Crippen molar-refractivity contribution in [1.82, 2.24) is 10.6 Å². The summed E-state index contributed by atoms with van der Waals surface area (Å²) in [5.41, 5.74) is 4.18. The number of hydrogen-bond donors (Lipinski definition) is 3. The zero-order valence-electron chi connectivity index (χ0n) is 18.2. The minimum absolute atomic E-state index is 0.0183. The Morgan fingerprint density at radius 2 is 1.52 bits per heavy atom. The molecule has 0 aliphatic rings. The Hall–Kier alpha value is -2.66. The maximum atomic E-state index is 12.4. The average Bonchev–Trinajstić information content (AvgIpc) is 2.67. The van der Waals surface area contributed by atoms with E-state index in [0.29, 0.717) is 18.0 Å². The van der Waals surface area contributed by atoms with Gasteiger partial charge in [0.15, 0.2) is 6.54 Å². The molecule has 0 radical (unpaired) electrons. The number of quaternary nitrogens is 1. The molecule has 0 spiro atoms. The summed E-state index contributed by atoms with van der Waals surface area (Å²) >= 11 is 0. The molecule has 156 valence electrons. The average molecular weight is 397 g/mol. The minimum Gasteiger partial charge on any atom is -0.355 e. The molecular formula is C24H34N3O2+. The minimum atomic E-state index is -0.0946. The normalized spacial score (nSPS) is 13.0. The van der Waals surface area contributed by atoms with Gasteiger partial charge >= 0.3 is 0 Å². The Morgan fingerprint density at radius 1 is 0.931 bits per heavy atom. The lowest BCUT2D eigenvalue weighted by molar-refractivity contribution is -0.885. The Kier molecular flexibility index (Phi) is 8.40. The first-order chi connectivity index (χ1) is 13.8. The van der Waals surface area contributed by atoms with Crippen molar-refractivity contribution < 1.29 is 14.5 Å². The summed E-state index contributed by atoms with van der Waals surface area (Å²) in [5, 5.41) is 5.71. The molecule has 0 saturated heterocycles. The quantitative estimate of drug-likeness (QED) is 0.608. The standard InChI is InChI=1S/C24H33N3O2/c1-17(2)14-19-6-10-21(11-7-19)18(3)26-23(28)16-27(5)15-20-8-12-22(13-9-20)24(29)25-4/h6-13,17-18H,14-16H2,1-5H3,(H,25,29)(H,26,28)/p+1/t18-/m1/s1. The predicted octanol–water partition coefficient (Wildman–Crippen LogP) is 2.14. The first-order valence-corrected chi connectivity index (χ1v) is 10.3. The zero-order chi connectivity index (χ0) is 21.4. The van der Waals surface area contributed by atoms with E-state index in [0.717, 1.165) is 29.0 Å². The van der Waals surface area contributed by atoms with Crippen LogP contribution in [0, 0.1) is 5.92 Å². The molecule has 0 aliphatic heterocycles. The van der Waals surface area contributed by atoms with Crippen LogP contribution in [-0.4, -0.2) is 32.5 Å². The van der Waals surface area contributed by atoms with Crippen LogP contribution in [-0.2, 0) is 17.8 Å². The number of carbonyl (C=O) groups excluding carboxylic acids is 2. The molecule has 2 amide bonds. The molecule has 2 aromatic rings. The van der Waals surface area contributed by atoms with Gasteiger partial charge in [0.25, 0.3) is 11.8 Å². The topological polar surface area (TPSA) is 62.6 Å². The predicted molar refractivity (Wildman–Crippen MR) is 117 cm³/mol. The summed E-state index contributed by atoms with van der Waals surface area (Å²) in [7, 11) is 3.62. The van der Waals surface area contributed by atoms with E-state index in [1.165, 1.54) is 5.56 Å². The van der Waals surface area contributed by atoms with Crippen LogP contribution in [0.25, 0.3) is 0 Å². The van der Waals surface area contributed by atoms with E-state index >= 15 is 0 Å². The SMILES string of the molecule is CNC(=O)c1ccc(C[NH+](C)CC(=O)N[C@H](C)c2ccc(CC(C)C)cc2)cc1. The highest BCUT2D eigenvalue weighted by atomic mass is 16.2. The summed E-state index contributed by atoms with van der Waals surface area (Å²) in [6.07, 6.45) is 1.07. The third-order valence-electron chi connectivity index (χ3n) is 4.91. The largest absolute Gasteiger partial charge is 0.355 e. The third kappa shape index (κ3) is 7.35. The Labute approximate surface area is 174 Å². The number of carbonyl (C=O) groups is 2. The van der Waals surface area contributed by atoms with Crippen LogP contribution >= 0.6 is 0 Å². The van der Waals surface area contributed by atoms with Gasteiger partial charge in [-0.2, -0.15) is 0 Å². The monoisotopic (exact) mass is 396 g/mol. The highest BCUT2D eigenvalue weighted by Gasteiger charge is 2.15. The number of nitrogens with one attached hydrogen (secondary N) is 3. The summed E-state index contributed by atoms with van der Waals surface area (Å²) in [4.78, 5) is 25.1. The maximum Gasteiger partial charge on any atom is 0.275 e. The molecule has 2 atom stereocenters. The van der Waals surface area contributed by atoms with Gasteiger partial charge < -0.3 is 15.5 Å². The van der Waals surface area contributed by atoms with E-state index in [1.807, 2.05) is 38.2 Å². The Balaban J connectivity index is 1.83. The summed E-state index contributed by atoms with van der Waals surface area (Å²) in [5.74, 6) is 0.572. The van der Waals surface area contributed by atoms with Gasteiger partial charge in [0.2, 0.25) is 0 Å². The van der Waals surface area contributed by atoms with Gasteiger partial charge in [-0.05, 0) is 42.5 Å². The van der Waals surface area contributed by atoms with Crippen LogP contribution < -0.4 is 15.5 Å². The smallest absolute Gasteiger partial charge is 0.275 e. The van der Waals surface area contributed by atoms with E-state index in [2.05, 4.69) is 48.7 Å². The molecule has 0 saturated carbocycles. The number of amides is 2. The summed E-state index contributed by atoms with van der Waals surface area (Å²) in [6, 6.07) is 16.0. The van der Waals surface area contributed by atoms with Gasteiger partial charge in [-0.15, -0.1) is 0 Å². The fourth-order valence-corrected chi connectivity index (χ4v) is 3.39. The fraction of sp³-hybridized carbons (Fsp3) is 0.417. The van der Waals surface area contributed by atoms with Gasteiger partial charge in [0.05, 0.1) is 13.1 Å². The van der Waals surface area contributed by atoms with Gasteiger partial charge in [-0.25, -0.2) is 0 Å². The lowest BCUT2D eigenvalue weighted by Crippen LogP contribution is -3.08. The molecule has 0 fully saturated rings. The molecule has 0 aromatic heterocycles.